The van der Waals surface area contributed by atoms with Gasteiger partial charge in [-0.2, -0.15) is 29.9 Å². The van der Waals surface area contributed by atoms with Crippen LogP contribution in [-0.2, 0) is 18.9 Å². The third kappa shape index (κ3) is 19.5. The van der Waals surface area contributed by atoms with Crippen molar-refractivity contribution in [2.45, 2.75) is 309 Å². The standard InChI is InChI=1S/C62H118N16O4/c1-23-25-31-75(43-35-55(3,4)71-56(5,6)36-43)49-63-47(67-53(79-19)80-20)65-51(69-49)77(45-39-59(11,12)73-60(13,14)40-45)33-29-27-28-30-34-78(46-41-61(15,16)74-62(17,18)42-46)52-66-48(68-54(81-21)82-22)64-50(70-52)76(32-26-24-2)44-37-57(7,8)72-58(9,10)38-44/h43-46,53-54,71-74H,23-42H2,1-22H3,(H,63,65,67,69)(H,64,66,68,70). The number of nitrogens with zero attached hydrogens (tertiary/aromatic N) is 10. The summed E-state index contributed by atoms with van der Waals surface area (Å²) in [5.74, 6) is 3.67. The van der Waals surface area contributed by atoms with E-state index in [1.54, 1.807) is 28.4 Å². The van der Waals surface area contributed by atoms with Crippen molar-refractivity contribution in [3.8, 4) is 0 Å². The van der Waals surface area contributed by atoms with E-state index in [1.807, 2.05) is 0 Å². The fourth-order valence-electron chi connectivity index (χ4n) is 15.3. The highest BCUT2D eigenvalue weighted by Crippen LogP contribution is 2.39. The molecule has 20 nitrogen and oxygen atoms in total. The van der Waals surface area contributed by atoms with Crippen molar-refractivity contribution < 1.29 is 18.9 Å². The van der Waals surface area contributed by atoms with Crippen LogP contribution < -0.4 is 51.5 Å². The van der Waals surface area contributed by atoms with Gasteiger partial charge in [0.2, 0.25) is 48.5 Å². The van der Waals surface area contributed by atoms with Crippen molar-refractivity contribution in [1.82, 2.24) is 51.2 Å². The van der Waals surface area contributed by atoms with Crippen LogP contribution >= 0.6 is 0 Å². The molecule has 6 rings (SSSR count). The summed E-state index contributed by atoms with van der Waals surface area (Å²) in [6.45, 7) is 45.0. The topological polar surface area (TPSA) is 199 Å². The predicted octanol–water partition coefficient (Wildman–Crippen LogP) is 10.4. The van der Waals surface area contributed by atoms with Crippen LogP contribution in [0, 0.1) is 0 Å². The van der Waals surface area contributed by atoms with Crippen LogP contribution in [0.1, 0.15) is 227 Å². The number of ether oxygens (including phenoxy) is 4. The van der Waals surface area contributed by atoms with Crippen molar-refractivity contribution in [3.05, 3.63) is 0 Å². The van der Waals surface area contributed by atoms with E-state index in [0.29, 0.717) is 35.7 Å². The molecule has 2 aromatic rings. The van der Waals surface area contributed by atoms with Crippen LogP contribution in [0.3, 0.4) is 0 Å². The molecule has 470 valence electrons. The largest absolute Gasteiger partial charge is 0.339 e. The lowest BCUT2D eigenvalue weighted by Crippen LogP contribution is -2.63. The lowest BCUT2D eigenvalue weighted by atomic mass is 9.79. The Bertz CT molecular complexity index is 2080. The molecule has 0 bridgehead atoms. The maximum Gasteiger partial charge on any atom is 0.239 e. The molecule has 6 heterocycles. The van der Waals surface area contributed by atoms with Crippen molar-refractivity contribution in [2.24, 2.45) is 0 Å². The first-order valence-corrected chi connectivity index (χ1v) is 31.5. The van der Waals surface area contributed by atoms with E-state index in [-0.39, 0.29) is 68.5 Å². The van der Waals surface area contributed by atoms with Crippen molar-refractivity contribution in [1.29, 1.82) is 0 Å². The third-order valence-electron chi connectivity index (χ3n) is 17.1. The normalized spacial score (nSPS) is 22.3. The van der Waals surface area contributed by atoms with Gasteiger partial charge in [0.1, 0.15) is 0 Å². The average molecular weight is 1150 g/mol. The molecule has 0 unspecified atom stereocenters. The molecule has 4 aliphatic rings. The Labute approximate surface area is 497 Å². The molecule has 0 saturated carbocycles. The molecule has 0 amide bonds. The molecular formula is C62H118N16O4. The molecule has 6 N–H and O–H groups in total. The Morgan fingerprint density at radius 3 is 0.756 bits per heavy atom. The zero-order valence-electron chi connectivity index (χ0n) is 55.7. The fourth-order valence-corrected chi connectivity index (χ4v) is 15.3. The first kappa shape index (κ1) is 67.6. The zero-order valence-corrected chi connectivity index (χ0v) is 55.7. The molecule has 0 spiro atoms. The smallest absolute Gasteiger partial charge is 0.239 e. The lowest BCUT2D eigenvalue weighted by molar-refractivity contribution is -0.0814. The Kier molecular flexibility index (Phi) is 22.7. The van der Waals surface area contributed by atoms with Crippen molar-refractivity contribution >= 4 is 35.7 Å². The maximum atomic E-state index is 5.70. The monoisotopic (exact) mass is 1150 g/mol. The van der Waals surface area contributed by atoms with Crippen LogP contribution in [0.15, 0.2) is 0 Å². The molecule has 2 aromatic heterocycles. The minimum Gasteiger partial charge on any atom is -0.339 e. The summed E-state index contributed by atoms with van der Waals surface area (Å²) < 4.78 is 22.8. The van der Waals surface area contributed by atoms with Gasteiger partial charge in [0.25, 0.3) is 0 Å². The van der Waals surface area contributed by atoms with E-state index < -0.39 is 12.8 Å². The molecule has 0 radical (unpaired) electrons. The van der Waals surface area contributed by atoms with Gasteiger partial charge in [0.15, 0.2) is 0 Å². The lowest BCUT2D eigenvalue weighted by Gasteiger charge is -2.50. The molecular weight excluding hydrogens is 1030 g/mol. The number of rotatable bonds is 29. The maximum absolute atomic E-state index is 5.70. The predicted molar refractivity (Wildman–Crippen MR) is 337 cm³/mol. The van der Waals surface area contributed by atoms with Gasteiger partial charge in [0, 0.05) is 123 Å². The second kappa shape index (κ2) is 27.5. The quantitative estimate of drug-likeness (QED) is 0.0332. The molecule has 4 aliphatic heterocycles. The van der Waals surface area contributed by atoms with Crippen LogP contribution in [0.5, 0.6) is 0 Å². The van der Waals surface area contributed by atoms with Crippen LogP contribution in [0.2, 0.25) is 0 Å². The van der Waals surface area contributed by atoms with Gasteiger partial charge in [-0.15, -0.1) is 0 Å². The first-order chi connectivity index (χ1) is 38.1. The Morgan fingerprint density at radius 2 is 0.561 bits per heavy atom. The van der Waals surface area contributed by atoms with E-state index in [9.17, 15) is 0 Å². The van der Waals surface area contributed by atoms with Gasteiger partial charge in [-0.1, -0.05) is 39.5 Å². The van der Waals surface area contributed by atoms with Gasteiger partial charge in [-0.05, 0) is 188 Å². The first-order valence-electron chi connectivity index (χ1n) is 31.5. The highest BCUT2D eigenvalue weighted by atomic mass is 16.7. The average Bonchev–Trinajstić information content (AvgIpc) is 3.52. The molecule has 4 fully saturated rings. The van der Waals surface area contributed by atoms with Crippen LogP contribution in [0.4, 0.5) is 35.7 Å². The molecule has 0 aliphatic carbocycles. The van der Waals surface area contributed by atoms with Gasteiger partial charge in [-0.3, -0.25) is 0 Å². The van der Waals surface area contributed by atoms with Crippen LogP contribution in [0.25, 0.3) is 0 Å². The van der Waals surface area contributed by atoms with E-state index in [2.05, 4.69) is 176 Å². The molecule has 82 heavy (non-hydrogen) atoms. The second-order valence-electron chi connectivity index (χ2n) is 30.1. The number of nitrogens with one attached hydrogen (secondary N) is 6. The Balaban J connectivity index is 1.36. The Morgan fingerprint density at radius 1 is 0.354 bits per heavy atom. The molecule has 20 heteroatoms. The SMILES string of the molecule is CCCCN(c1nc(NC(OC)OC)nc(N(CCCCCCN(c2nc(NC(OC)OC)nc(N(CCCC)C3CC(C)(C)NC(C)(C)C3)n2)C2CC(C)(C)NC(C)(C)C2)C2CC(C)(C)NC(C)(C)C2)n1)C1CC(C)(C)NC(C)(C)C1. The van der Waals surface area contributed by atoms with E-state index in [4.69, 9.17) is 48.9 Å². The summed E-state index contributed by atoms with van der Waals surface area (Å²) in [4.78, 5) is 42.1. The molecule has 0 atom stereocenters. The number of piperidine rings is 4. The van der Waals surface area contributed by atoms with E-state index in [1.165, 1.54) is 0 Å². The summed E-state index contributed by atoms with van der Waals surface area (Å²) in [5, 5.41) is 22.5. The van der Waals surface area contributed by atoms with Crippen molar-refractivity contribution in [3.63, 3.8) is 0 Å². The molecule has 0 aromatic carbocycles. The van der Waals surface area contributed by atoms with Crippen molar-refractivity contribution in [2.75, 3.05) is 84.9 Å². The number of hydrogen-bond donors (Lipinski definition) is 6. The highest BCUT2D eigenvalue weighted by molar-refractivity contribution is 5.49. The number of anilines is 6. The fraction of sp³-hybridized carbons (Fsp3) is 0.903. The Hall–Kier alpha value is -3.50. The van der Waals surface area contributed by atoms with E-state index >= 15 is 0 Å². The zero-order chi connectivity index (χ0) is 60.7. The van der Waals surface area contributed by atoms with Gasteiger partial charge in [-0.25, -0.2) is 0 Å². The number of hydrogen-bond acceptors (Lipinski definition) is 20. The molecule has 4 saturated heterocycles. The minimum absolute atomic E-state index is 0.0647. The van der Waals surface area contributed by atoms with Crippen LogP contribution in [-0.4, -0.2) is 166 Å². The second-order valence-corrected chi connectivity index (χ2v) is 30.1. The summed E-state index contributed by atoms with van der Waals surface area (Å²) in [6, 6.07) is 0.798. The summed E-state index contributed by atoms with van der Waals surface area (Å²) >= 11 is 0. The highest BCUT2D eigenvalue weighted by Gasteiger charge is 2.46. The summed E-state index contributed by atoms with van der Waals surface area (Å²) in [7, 11) is 6.52. The van der Waals surface area contributed by atoms with Gasteiger partial charge >= 0.3 is 0 Å². The summed E-state index contributed by atoms with van der Waals surface area (Å²) in [6.07, 6.45) is 14.3. The number of aromatic nitrogens is 6. The third-order valence-corrected chi connectivity index (χ3v) is 17.1. The van der Waals surface area contributed by atoms with Gasteiger partial charge in [0.05, 0.1) is 0 Å². The number of unbranched alkanes of at least 4 members (excludes halogenated alkanes) is 5. The summed E-state index contributed by atoms with van der Waals surface area (Å²) in [5.41, 5.74) is -0.681. The minimum atomic E-state index is -0.732. The van der Waals surface area contributed by atoms with Gasteiger partial charge < -0.3 is 70.4 Å². The number of methoxy groups -OCH3 is 4. The van der Waals surface area contributed by atoms with E-state index in [0.717, 1.165) is 129 Å².